The van der Waals surface area contributed by atoms with Gasteiger partial charge in [-0.25, -0.2) is 4.98 Å². The van der Waals surface area contributed by atoms with Gasteiger partial charge in [0.1, 0.15) is 11.9 Å². The Balaban J connectivity index is 1.54. The molecule has 1 fully saturated rings. The number of pyridine rings is 1. The molecule has 0 aromatic carbocycles. The number of nitrogens with zero attached hydrogens (tertiary/aromatic N) is 3. The lowest BCUT2D eigenvalue weighted by Gasteiger charge is -2.19. The zero-order valence-corrected chi connectivity index (χ0v) is 17.7. The van der Waals surface area contributed by atoms with Crippen LogP contribution in [0.15, 0.2) is 23.4 Å². The monoisotopic (exact) mass is 430 g/mol. The lowest BCUT2D eigenvalue weighted by Crippen LogP contribution is -2.23. The van der Waals surface area contributed by atoms with Gasteiger partial charge in [-0.05, 0) is 56.2 Å². The van der Waals surface area contributed by atoms with Gasteiger partial charge in [0.05, 0.1) is 34.0 Å². The molecule has 1 atom stereocenters. The van der Waals surface area contributed by atoms with Crippen LogP contribution in [0.4, 0.5) is 5.82 Å². The van der Waals surface area contributed by atoms with Gasteiger partial charge in [0.2, 0.25) is 5.91 Å². The van der Waals surface area contributed by atoms with Crippen LogP contribution in [0.2, 0.25) is 5.02 Å². The van der Waals surface area contributed by atoms with Gasteiger partial charge < -0.3 is 14.6 Å². The minimum atomic E-state index is -0.147. The largest absolute Gasteiger partial charge is 0.376 e. The predicted octanol–water partition coefficient (Wildman–Crippen LogP) is 4.20. The molecule has 0 spiro atoms. The topological polar surface area (TPSA) is 79.9 Å². The average Bonchev–Trinajstić information content (AvgIpc) is 3.35. The maximum Gasteiger partial charge on any atom is 0.235 e. The van der Waals surface area contributed by atoms with E-state index in [-0.39, 0.29) is 17.8 Å². The van der Waals surface area contributed by atoms with E-state index in [1.165, 1.54) is 17.5 Å². The second kappa shape index (κ2) is 9.21. The number of nitrogens with one attached hydrogen (secondary N) is 1. The number of carbonyl (C=O) groups is 1. The Morgan fingerprint density at radius 3 is 2.97 bits per heavy atom. The van der Waals surface area contributed by atoms with Crippen molar-refractivity contribution in [3.8, 4) is 6.07 Å². The molecule has 1 unspecified atom stereocenters. The van der Waals surface area contributed by atoms with Crippen LogP contribution in [0.5, 0.6) is 0 Å². The maximum absolute atomic E-state index is 12.7. The highest BCUT2D eigenvalue weighted by atomic mass is 35.5. The zero-order valence-electron chi connectivity index (χ0n) is 16.1. The Bertz CT molecular complexity index is 930. The van der Waals surface area contributed by atoms with Crippen LogP contribution in [0.3, 0.4) is 0 Å². The molecule has 1 N–H and O–H groups in total. The van der Waals surface area contributed by atoms with Gasteiger partial charge in [-0.15, -0.1) is 0 Å². The number of carbonyl (C=O) groups excluding carboxylic acids is 1. The van der Waals surface area contributed by atoms with Crippen molar-refractivity contribution in [2.75, 3.05) is 17.7 Å². The van der Waals surface area contributed by atoms with E-state index >= 15 is 0 Å². The number of fused-ring (bicyclic) bond motifs is 1. The van der Waals surface area contributed by atoms with E-state index in [4.69, 9.17) is 16.3 Å². The Hall–Kier alpha value is -2.01. The van der Waals surface area contributed by atoms with Crippen LogP contribution in [0.1, 0.15) is 42.5 Å². The smallest absolute Gasteiger partial charge is 0.235 e. The number of thioether (sulfide) groups is 1. The fourth-order valence-electron chi connectivity index (χ4n) is 4.07. The van der Waals surface area contributed by atoms with Crippen LogP contribution in [0, 0.1) is 11.3 Å². The molecule has 152 valence electrons. The molecule has 0 saturated carbocycles. The van der Waals surface area contributed by atoms with Crippen molar-refractivity contribution in [2.45, 2.75) is 56.2 Å². The van der Waals surface area contributed by atoms with Gasteiger partial charge in [0, 0.05) is 18.5 Å². The highest BCUT2D eigenvalue weighted by Gasteiger charge is 2.28. The van der Waals surface area contributed by atoms with E-state index in [2.05, 4.69) is 20.9 Å². The Morgan fingerprint density at radius 1 is 1.38 bits per heavy atom. The number of hydrogen-bond donors (Lipinski definition) is 1. The fraction of sp³-hybridized carbons (Fsp3) is 0.476. The van der Waals surface area contributed by atoms with Crippen molar-refractivity contribution >= 4 is 35.1 Å². The minimum Gasteiger partial charge on any atom is -0.376 e. The lowest BCUT2D eigenvalue weighted by molar-refractivity contribution is -0.113. The number of rotatable bonds is 6. The van der Waals surface area contributed by atoms with Crippen molar-refractivity contribution in [2.24, 2.45) is 0 Å². The number of nitriles is 1. The molecule has 1 saturated heterocycles. The van der Waals surface area contributed by atoms with E-state index < -0.39 is 0 Å². The van der Waals surface area contributed by atoms with E-state index in [1.54, 1.807) is 18.3 Å². The highest BCUT2D eigenvalue weighted by molar-refractivity contribution is 7.99. The third-order valence-corrected chi connectivity index (χ3v) is 6.57. The molecule has 0 bridgehead atoms. The molecule has 1 amide bonds. The SMILES string of the molecule is N#Cc1c2c(n(CC3CCCO3)c1NC(=O)CSc1ccc(Cl)cn1)CCCC2. The summed E-state index contributed by atoms with van der Waals surface area (Å²) in [5.74, 6) is 0.700. The van der Waals surface area contributed by atoms with Gasteiger partial charge in [-0.3, -0.25) is 4.79 Å². The molecule has 29 heavy (non-hydrogen) atoms. The molecule has 3 heterocycles. The van der Waals surface area contributed by atoms with E-state index in [0.717, 1.165) is 55.7 Å². The Labute approximate surface area is 179 Å². The first-order chi connectivity index (χ1) is 14.2. The third kappa shape index (κ3) is 4.61. The average molecular weight is 431 g/mol. The zero-order chi connectivity index (χ0) is 20.2. The maximum atomic E-state index is 12.7. The minimum absolute atomic E-state index is 0.142. The fourth-order valence-corrected chi connectivity index (χ4v) is 4.82. The summed E-state index contributed by atoms with van der Waals surface area (Å²) in [4.78, 5) is 16.9. The lowest BCUT2D eigenvalue weighted by atomic mass is 9.95. The normalized spacial score (nSPS) is 18.3. The number of anilines is 1. The first-order valence-electron chi connectivity index (χ1n) is 9.96. The summed E-state index contributed by atoms with van der Waals surface area (Å²) in [6.45, 7) is 1.47. The molecule has 4 rings (SSSR count). The number of hydrogen-bond acceptors (Lipinski definition) is 5. The quantitative estimate of drug-likeness (QED) is 0.695. The van der Waals surface area contributed by atoms with Crippen LogP contribution >= 0.6 is 23.4 Å². The van der Waals surface area contributed by atoms with Crippen molar-refractivity contribution in [3.05, 3.63) is 40.2 Å². The number of aromatic nitrogens is 2. The van der Waals surface area contributed by atoms with Gasteiger partial charge >= 0.3 is 0 Å². The van der Waals surface area contributed by atoms with Crippen LogP contribution in [0.25, 0.3) is 0 Å². The molecule has 1 aliphatic carbocycles. The second-order valence-electron chi connectivity index (χ2n) is 7.36. The summed E-state index contributed by atoms with van der Waals surface area (Å²) in [5.41, 5.74) is 2.89. The second-order valence-corrected chi connectivity index (χ2v) is 8.80. The first-order valence-corrected chi connectivity index (χ1v) is 11.3. The van der Waals surface area contributed by atoms with Crippen LogP contribution in [-0.4, -0.2) is 33.9 Å². The molecule has 8 heteroatoms. The summed E-state index contributed by atoms with van der Waals surface area (Å²) in [6.07, 6.45) is 7.81. The van der Waals surface area contributed by atoms with Crippen molar-refractivity contribution < 1.29 is 9.53 Å². The summed E-state index contributed by atoms with van der Waals surface area (Å²) >= 11 is 7.20. The Morgan fingerprint density at radius 2 is 2.24 bits per heavy atom. The van der Waals surface area contributed by atoms with Crippen molar-refractivity contribution in [1.82, 2.24) is 9.55 Å². The molecule has 6 nitrogen and oxygen atoms in total. The van der Waals surface area contributed by atoms with E-state index in [1.807, 2.05) is 0 Å². The van der Waals surface area contributed by atoms with Gasteiger partial charge in [-0.1, -0.05) is 23.4 Å². The molecular weight excluding hydrogens is 408 g/mol. The number of halogens is 1. The molecular formula is C21H23ClN4O2S. The van der Waals surface area contributed by atoms with Gasteiger partial charge in [-0.2, -0.15) is 5.26 Å². The standard InChI is InChI=1S/C21H23ClN4O2S/c22-14-7-8-20(24-11-14)29-13-19(27)25-21-17(10-23)16-5-1-2-6-18(16)26(21)12-15-4-3-9-28-15/h7-8,11,15H,1-6,9,12-13H2,(H,25,27). The summed E-state index contributed by atoms with van der Waals surface area (Å²) in [6, 6.07) is 5.89. The first kappa shape index (κ1) is 20.3. The van der Waals surface area contributed by atoms with E-state index in [0.29, 0.717) is 22.9 Å². The molecule has 2 aliphatic rings. The highest BCUT2D eigenvalue weighted by Crippen LogP contribution is 2.34. The summed E-state index contributed by atoms with van der Waals surface area (Å²) < 4.78 is 7.96. The van der Waals surface area contributed by atoms with Gasteiger partial charge in [0.25, 0.3) is 0 Å². The van der Waals surface area contributed by atoms with Crippen LogP contribution in [-0.2, 0) is 28.9 Å². The number of amides is 1. The molecule has 2 aromatic rings. The van der Waals surface area contributed by atoms with Gasteiger partial charge in [0.15, 0.2) is 0 Å². The Kier molecular flexibility index (Phi) is 6.43. The van der Waals surface area contributed by atoms with Crippen molar-refractivity contribution in [1.29, 1.82) is 5.26 Å². The van der Waals surface area contributed by atoms with E-state index in [9.17, 15) is 10.1 Å². The predicted molar refractivity (Wildman–Crippen MR) is 113 cm³/mol. The summed E-state index contributed by atoms with van der Waals surface area (Å²) in [7, 11) is 0. The molecule has 2 aromatic heterocycles. The molecule has 0 radical (unpaired) electrons. The van der Waals surface area contributed by atoms with Crippen molar-refractivity contribution in [3.63, 3.8) is 0 Å². The summed E-state index contributed by atoms with van der Waals surface area (Å²) in [5, 5.41) is 14.1. The third-order valence-electron chi connectivity index (χ3n) is 5.40. The molecule has 1 aliphatic heterocycles. The number of ether oxygens (including phenoxy) is 1. The van der Waals surface area contributed by atoms with Crippen LogP contribution < -0.4 is 5.32 Å².